The van der Waals surface area contributed by atoms with Gasteiger partial charge in [-0.2, -0.15) is 8.42 Å². The summed E-state index contributed by atoms with van der Waals surface area (Å²) in [6.07, 6.45) is 18.7. The number of nitrogens with zero attached hydrogens (tertiary/aromatic N) is 2. The summed E-state index contributed by atoms with van der Waals surface area (Å²) < 4.78 is 33.0. The summed E-state index contributed by atoms with van der Waals surface area (Å²) in [6, 6.07) is 0. The fraction of sp³-hybridized carbons (Fsp3) is 0.900. The molecule has 1 rings (SSSR count). The largest absolute Gasteiger partial charge is 0.397 e. The minimum Gasteiger partial charge on any atom is -0.362 e. The second-order valence-electron chi connectivity index (χ2n) is 7.29. The molecule has 0 fully saturated rings. The van der Waals surface area contributed by atoms with Crippen molar-refractivity contribution in [2.24, 2.45) is 0 Å². The Kier molecular flexibility index (Phi) is 16.8. The van der Waals surface area contributed by atoms with Gasteiger partial charge in [-0.25, -0.2) is 4.18 Å². The number of hydrogen-bond acceptors (Lipinski definition) is 5. The lowest BCUT2D eigenvalue weighted by Gasteiger charge is -2.17. The summed E-state index contributed by atoms with van der Waals surface area (Å²) in [7, 11) is -2.13. The molecule has 7 heteroatoms. The first-order chi connectivity index (χ1) is 12.9. The smallest absolute Gasteiger partial charge is 0.362 e. The first-order valence-corrected chi connectivity index (χ1v) is 12.0. The van der Waals surface area contributed by atoms with Crippen LogP contribution in [0.15, 0.2) is 12.4 Å². The molecule has 0 atom stereocenters. The van der Waals surface area contributed by atoms with E-state index < -0.39 is 10.4 Å². The van der Waals surface area contributed by atoms with Crippen molar-refractivity contribution in [3.05, 3.63) is 12.4 Å². The van der Waals surface area contributed by atoms with Gasteiger partial charge in [0.05, 0.1) is 13.3 Å². The van der Waals surface area contributed by atoms with Crippen LogP contribution in [-0.4, -0.2) is 49.6 Å². The summed E-state index contributed by atoms with van der Waals surface area (Å²) in [6.45, 7) is 6.81. The van der Waals surface area contributed by atoms with Gasteiger partial charge in [-0.3, -0.25) is 4.55 Å². The van der Waals surface area contributed by atoms with Crippen LogP contribution < -0.4 is 0 Å². The Bertz CT molecular complexity index is 455. The molecule has 0 bridgehead atoms. The van der Waals surface area contributed by atoms with E-state index in [-0.39, 0.29) is 6.61 Å². The Morgan fingerprint density at radius 2 is 1.37 bits per heavy atom. The first-order valence-electron chi connectivity index (χ1n) is 10.6. The fourth-order valence-corrected chi connectivity index (χ4v) is 3.18. The van der Waals surface area contributed by atoms with Crippen molar-refractivity contribution in [3.63, 3.8) is 0 Å². The van der Waals surface area contributed by atoms with E-state index in [1.165, 1.54) is 64.3 Å². The molecular weight excluding hydrogens is 364 g/mol. The van der Waals surface area contributed by atoms with Crippen molar-refractivity contribution in [1.29, 1.82) is 0 Å². The Balaban J connectivity index is 0.000000569. The van der Waals surface area contributed by atoms with Crippen LogP contribution in [0.2, 0.25) is 0 Å². The molecule has 6 nitrogen and oxygen atoms in total. The van der Waals surface area contributed by atoms with Gasteiger partial charge in [0.2, 0.25) is 0 Å². The highest BCUT2D eigenvalue weighted by Gasteiger charge is 2.05. The minimum atomic E-state index is -4.23. The minimum absolute atomic E-state index is 0.0926. The maximum atomic E-state index is 10.2. The van der Waals surface area contributed by atoms with Crippen LogP contribution in [-0.2, 0) is 14.6 Å². The van der Waals surface area contributed by atoms with E-state index in [0.29, 0.717) is 6.42 Å². The Hall–Kier alpha value is -0.790. The third kappa shape index (κ3) is 19.8. The molecule has 0 amide bonds. The molecule has 1 aliphatic heterocycles. The molecule has 0 aromatic rings. The van der Waals surface area contributed by atoms with Gasteiger partial charge in [-0.15, -0.1) is 0 Å². The van der Waals surface area contributed by atoms with Gasteiger partial charge in [0.15, 0.2) is 0 Å². The predicted octanol–water partition coefficient (Wildman–Crippen LogP) is 5.19. The molecule has 162 valence electrons. The normalized spacial score (nSPS) is 13.8. The maximum absolute atomic E-state index is 10.2. The predicted molar refractivity (Wildman–Crippen MR) is 113 cm³/mol. The first kappa shape index (κ1) is 26.2. The second kappa shape index (κ2) is 17.3. The van der Waals surface area contributed by atoms with Gasteiger partial charge in [0.25, 0.3) is 0 Å². The topological polar surface area (TPSA) is 70.1 Å². The molecule has 1 aliphatic rings. The van der Waals surface area contributed by atoms with E-state index in [0.717, 1.165) is 19.5 Å². The molecule has 0 unspecified atom stereocenters. The van der Waals surface area contributed by atoms with Crippen molar-refractivity contribution >= 4 is 10.4 Å². The summed E-state index contributed by atoms with van der Waals surface area (Å²) in [5, 5.41) is 0. The molecule has 0 aromatic heterocycles. The Morgan fingerprint density at radius 3 is 1.81 bits per heavy atom. The second-order valence-corrected chi connectivity index (χ2v) is 8.39. The maximum Gasteiger partial charge on any atom is 0.397 e. The molecule has 27 heavy (non-hydrogen) atoms. The molecule has 0 aromatic carbocycles. The molecule has 0 spiro atoms. The van der Waals surface area contributed by atoms with E-state index >= 15 is 0 Å². The average Bonchev–Trinajstić information content (AvgIpc) is 3.03. The molecule has 1 N–H and O–H groups in total. The van der Waals surface area contributed by atoms with Gasteiger partial charge >= 0.3 is 10.4 Å². The van der Waals surface area contributed by atoms with Gasteiger partial charge in [-0.05, 0) is 12.8 Å². The number of hydrogen-bond donors (Lipinski definition) is 1. The highest BCUT2D eigenvalue weighted by Crippen LogP contribution is 2.10. The zero-order valence-electron chi connectivity index (χ0n) is 17.7. The van der Waals surface area contributed by atoms with Gasteiger partial charge in [0, 0.05) is 26.0 Å². The van der Waals surface area contributed by atoms with Crippen LogP contribution in [0, 0.1) is 0 Å². The quantitative estimate of drug-likeness (QED) is 0.298. The highest BCUT2D eigenvalue weighted by molar-refractivity contribution is 7.80. The number of rotatable bonds is 15. The van der Waals surface area contributed by atoms with Gasteiger partial charge < -0.3 is 9.80 Å². The van der Waals surface area contributed by atoms with Crippen LogP contribution >= 0.6 is 0 Å². The lowest BCUT2D eigenvalue weighted by molar-refractivity contribution is 0.261. The Morgan fingerprint density at radius 1 is 0.852 bits per heavy atom. The van der Waals surface area contributed by atoms with Crippen molar-refractivity contribution < 1.29 is 17.2 Å². The van der Waals surface area contributed by atoms with Crippen LogP contribution in [0.4, 0.5) is 0 Å². The standard InChI is InChI=1S/C12H26O4S.C8H16N2/c1-2-3-4-5-6-7-8-9-10-11-12-16-17(13,14)15;1-3-4-5-10-7-6-9(2)8-10/h2-12H2,1H3,(H,13,14,15);6-7H,3-5,8H2,1-2H3. The number of unbranched alkanes of at least 4 members (excludes halogenated alkanes) is 10. The van der Waals surface area contributed by atoms with E-state index in [9.17, 15) is 8.42 Å². The third-order valence-electron chi connectivity index (χ3n) is 4.47. The summed E-state index contributed by atoms with van der Waals surface area (Å²) in [5.74, 6) is 0. The van der Waals surface area contributed by atoms with Gasteiger partial charge in [-0.1, -0.05) is 78.1 Å². The van der Waals surface area contributed by atoms with Crippen molar-refractivity contribution in [2.45, 2.75) is 90.9 Å². The van der Waals surface area contributed by atoms with Crippen LogP contribution in [0.3, 0.4) is 0 Å². The molecule has 0 radical (unpaired) electrons. The van der Waals surface area contributed by atoms with Crippen LogP contribution in [0.25, 0.3) is 0 Å². The van der Waals surface area contributed by atoms with E-state index in [2.05, 4.69) is 47.3 Å². The van der Waals surface area contributed by atoms with E-state index in [1.54, 1.807) is 0 Å². The fourth-order valence-electron chi connectivity index (χ4n) is 2.85. The highest BCUT2D eigenvalue weighted by atomic mass is 32.3. The summed E-state index contributed by atoms with van der Waals surface area (Å²) in [4.78, 5) is 4.53. The lowest BCUT2D eigenvalue weighted by Crippen LogP contribution is -2.23. The summed E-state index contributed by atoms with van der Waals surface area (Å²) >= 11 is 0. The molecule has 1 heterocycles. The van der Waals surface area contributed by atoms with Crippen molar-refractivity contribution in [2.75, 3.05) is 26.9 Å². The molecule has 0 saturated carbocycles. The van der Waals surface area contributed by atoms with Crippen LogP contribution in [0.1, 0.15) is 90.9 Å². The van der Waals surface area contributed by atoms with Crippen molar-refractivity contribution in [1.82, 2.24) is 9.80 Å². The molecule has 0 aliphatic carbocycles. The van der Waals surface area contributed by atoms with E-state index in [1.807, 2.05) is 0 Å². The molecular formula is C20H42N2O4S. The van der Waals surface area contributed by atoms with Crippen molar-refractivity contribution in [3.8, 4) is 0 Å². The lowest BCUT2D eigenvalue weighted by atomic mass is 10.1. The average molecular weight is 407 g/mol. The third-order valence-corrected chi connectivity index (χ3v) is 4.93. The molecule has 0 saturated heterocycles. The van der Waals surface area contributed by atoms with E-state index in [4.69, 9.17) is 4.55 Å². The zero-order chi connectivity index (χ0) is 20.4. The zero-order valence-corrected chi connectivity index (χ0v) is 18.6. The van der Waals surface area contributed by atoms with Gasteiger partial charge in [0.1, 0.15) is 0 Å². The Labute approximate surface area is 167 Å². The SMILES string of the molecule is CCCCCCCCCCCCOS(=O)(=O)O.CCCCN1C=CN(C)C1. The van der Waals surface area contributed by atoms with Crippen LogP contribution in [0.5, 0.6) is 0 Å². The summed E-state index contributed by atoms with van der Waals surface area (Å²) in [5.41, 5.74) is 0. The monoisotopic (exact) mass is 406 g/mol.